The van der Waals surface area contributed by atoms with E-state index in [-0.39, 0.29) is 24.1 Å². The summed E-state index contributed by atoms with van der Waals surface area (Å²) in [6.07, 6.45) is -5.18. The van der Waals surface area contributed by atoms with E-state index in [2.05, 4.69) is 5.32 Å². The monoisotopic (exact) mass is 343 g/mol. The molecule has 1 aliphatic heterocycles. The lowest BCUT2D eigenvalue weighted by atomic mass is 9.96. The van der Waals surface area contributed by atoms with Gasteiger partial charge in [-0.1, -0.05) is 48.5 Å². The van der Waals surface area contributed by atoms with Crippen molar-refractivity contribution in [3.05, 3.63) is 71.3 Å². The summed E-state index contributed by atoms with van der Waals surface area (Å²) in [5, 5.41) is 3.07. The molecule has 0 amide bonds. The summed E-state index contributed by atoms with van der Waals surface area (Å²) < 4.78 is 45.8. The fourth-order valence-electron chi connectivity index (χ4n) is 2.49. The van der Waals surface area contributed by atoms with Crippen LogP contribution in [0.1, 0.15) is 22.8 Å². The second kappa shape index (κ2) is 7.34. The van der Waals surface area contributed by atoms with Gasteiger partial charge < -0.3 is 10.1 Å². The van der Waals surface area contributed by atoms with Gasteiger partial charge in [0.15, 0.2) is 0 Å². The first kappa shape index (κ1) is 17.8. The van der Waals surface area contributed by atoms with E-state index >= 15 is 0 Å². The van der Waals surface area contributed by atoms with Crippen LogP contribution in [0.25, 0.3) is 0 Å². The molecule has 0 aliphatic carbocycles. The van der Waals surface area contributed by atoms with Crippen molar-refractivity contribution in [2.45, 2.75) is 18.4 Å². The first-order valence-electron chi connectivity index (χ1n) is 7.13. The average molecular weight is 344 g/mol. The Morgan fingerprint density at radius 1 is 0.957 bits per heavy atom. The van der Waals surface area contributed by atoms with Gasteiger partial charge in [0, 0.05) is 13.1 Å². The minimum absolute atomic E-state index is 0. The number of benzene rings is 2. The third-order valence-electron chi connectivity index (χ3n) is 3.72. The Balaban J connectivity index is 0.00000192. The lowest BCUT2D eigenvalue weighted by Gasteiger charge is -2.33. The molecule has 0 radical (unpaired) electrons. The molecule has 1 atom stereocenters. The number of nitrogens with one attached hydrogen (secondary N) is 1. The molecular formula is C17H17ClF3NO. The third-order valence-corrected chi connectivity index (χ3v) is 3.72. The van der Waals surface area contributed by atoms with Crippen LogP contribution in [0.3, 0.4) is 0 Å². The van der Waals surface area contributed by atoms with Crippen LogP contribution in [0, 0.1) is 0 Å². The van der Waals surface area contributed by atoms with Gasteiger partial charge in [0.25, 0.3) is 0 Å². The van der Waals surface area contributed by atoms with Gasteiger partial charge in [-0.05, 0) is 17.2 Å². The number of alkyl halides is 3. The van der Waals surface area contributed by atoms with Crippen LogP contribution in [-0.4, -0.2) is 19.2 Å². The normalized spacial score (nSPS) is 16.3. The Morgan fingerprint density at radius 3 is 2.13 bits per heavy atom. The van der Waals surface area contributed by atoms with Crippen LogP contribution >= 0.6 is 12.4 Å². The summed E-state index contributed by atoms with van der Waals surface area (Å²) in [6.45, 7) is 1.33. The van der Waals surface area contributed by atoms with E-state index in [1.54, 1.807) is 30.3 Å². The number of hydrogen-bond donors (Lipinski definition) is 1. The van der Waals surface area contributed by atoms with Gasteiger partial charge in [-0.25, -0.2) is 0 Å². The van der Waals surface area contributed by atoms with E-state index in [1.165, 1.54) is 12.1 Å². The first-order valence-corrected chi connectivity index (χ1v) is 7.13. The molecule has 1 heterocycles. The maximum absolute atomic E-state index is 13.3. The van der Waals surface area contributed by atoms with E-state index in [0.29, 0.717) is 13.1 Å². The summed E-state index contributed by atoms with van der Waals surface area (Å²) in [5.74, 6) is 0. The standard InChI is InChI=1S/C17H16F3NO.ClH/c18-17(19,20)15-9-5-4-8-14(15)16(22-13-10-21-11-13)12-6-2-1-3-7-12;/h1-9,13,16,21H,10-11H2;1H. The van der Waals surface area contributed by atoms with E-state index in [1.807, 2.05) is 6.07 Å². The highest BCUT2D eigenvalue weighted by Crippen LogP contribution is 2.38. The minimum Gasteiger partial charge on any atom is -0.363 e. The summed E-state index contributed by atoms with van der Waals surface area (Å²) in [5.41, 5.74) is 0.246. The van der Waals surface area contributed by atoms with Crippen molar-refractivity contribution in [1.29, 1.82) is 0 Å². The van der Waals surface area contributed by atoms with Crippen molar-refractivity contribution >= 4 is 12.4 Å². The van der Waals surface area contributed by atoms with E-state index < -0.39 is 17.8 Å². The van der Waals surface area contributed by atoms with Crippen molar-refractivity contribution in [3.8, 4) is 0 Å². The fourth-order valence-corrected chi connectivity index (χ4v) is 2.49. The van der Waals surface area contributed by atoms with Crippen LogP contribution in [-0.2, 0) is 10.9 Å². The average Bonchev–Trinajstić information content (AvgIpc) is 2.46. The van der Waals surface area contributed by atoms with Gasteiger partial charge in [0.1, 0.15) is 6.10 Å². The molecule has 2 nitrogen and oxygen atoms in total. The van der Waals surface area contributed by atoms with Gasteiger partial charge in [-0.2, -0.15) is 13.2 Å². The molecule has 0 spiro atoms. The summed E-state index contributed by atoms with van der Waals surface area (Å²) in [4.78, 5) is 0. The number of halogens is 4. The van der Waals surface area contributed by atoms with Crippen molar-refractivity contribution in [1.82, 2.24) is 5.32 Å². The molecule has 3 rings (SSSR count). The smallest absolute Gasteiger partial charge is 0.363 e. The largest absolute Gasteiger partial charge is 0.416 e. The summed E-state index contributed by atoms with van der Waals surface area (Å²) >= 11 is 0. The molecule has 0 saturated carbocycles. The van der Waals surface area contributed by atoms with E-state index in [0.717, 1.165) is 11.6 Å². The maximum atomic E-state index is 13.3. The molecular weight excluding hydrogens is 327 g/mol. The molecule has 2 aromatic rings. The Kier molecular flexibility index (Phi) is 5.68. The molecule has 6 heteroatoms. The fraction of sp³-hybridized carbons (Fsp3) is 0.294. The van der Waals surface area contributed by atoms with Crippen LogP contribution in [0.15, 0.2) is 54.6 Å². The second-order valence-electron chi connectivity index (χ2n) is 5.29. The molecule has 124 valence electrons. The summed E-state index contributed by atoms with van der Waals surface area (Å²) in [7, 11) is 0. The van der Waals surface area contributed by atoms with E-state index in [9.17, 15) is 13.2 Å². The van der Waals surface area contributed by atoms with Crippen LogP contribution < -0.4 is 5.32 Å². The molecule has 1 unspecified atom stereocenters. The Bertz CT molecular complexity index is 629. The predicted octanol–water partition coefficient (Wildman–Crippen LogP) is 4.21. The predicted molar refractivity (Wildman–Crippen MR) is 84.7 cm³/mol. The van der Waals surface area contributed by atoms with Crippen LogP contribution in [0.5, 0.6) is 0 Å². The lowest BCUT2D eigenvalue weighted by molar-refractivity contribution is -0.140. The number of rotatable bonds is 4. The third kappa shape index (κ3) is 4.05. The number of hydrogen-bond acceptors (Lipinski definition) is 2. The highest BCUT2D eigenvalue weighted by Gasteiger charge is 2.36. The van der Waals surface area contributed by atoms with Gasteiger partial charge in [0.05, 0.1) is 11.7 Å². The van der Waals surface area contributed by atoms with Gasteiger partial charge in [0.2, 0.25) is 0 Å². The SMILES string of the molecule is Cl.FC(F)(F)c1ccccc1C(OC1CNC1)c1ccccc1. The quantitative estimate of drug-likeness (QED) is 0.898. The first-order chi connectivity index (χ1) is 10.6. The zero-order valence-electron chi connectivity index (χ0n) is 12.2. The summed E-state index contributed by atoms with van der Waals surface area (Å²) in [6, 6.07) is 14.7. The van der Waals surface area contributed by atoms with Crippen molar-refractivity contribution in [3.63, 3.8) is 0 Å². The zero-order valence-corrected chi connectivity index (χ0v) is 13.0. The van der Waals surface area contributed by atoms with Crippen LogP contribution in [0.4, 0.5) is 13.2 Å². The second-order valence-corrected chi connectivity index (χ2v) is 5.29. The molecule has 1 saturated heterocycles. The minimum atomic E-state index is -4.40. The van der Waals surface area contributed by atoms with Crippen molar-refractivity contribution < 1.29 is 17.9 Å². The van der Waals surface area contributed by atoms with Gasteiger partial charge >= 0.3 is 6.18 Å². The Labute approximate surface area is 139 Å². The molecule has 2 aromatic carbocycles. The molecule has 0 aromatic heterocycles. The highest BCUT2D eigenvalue weighted by atomic mass is 35.5. The highest BCUT2D eigenvalue weighted by molar-refractivity contribution is 5.85. The lowest BCUT2D eigenvalue weighted by Crippen LogP contribution is -2.49. The molecule has 23 heavy (non-hydrogen) atoms. The molecule has 1 fully saturated rings. The Hall–Kier alpha value is -1.56. The molecule has 1 aliphatic rings. The zero-order chi connectivity index (χ0) is 15.6. The molecule has 0 bridgehead atoms. The topological polar surface area (TPSA) is 21.3 Å². The van der Waals surface area contributed by atoms with Crippen molar-refractivity contribution in [2.24, 2.45) is 0 Å². The number of ether oxygens (including phenoxy) is 1. The Morgan fingerprint density at radius 2 is 1.57 bits per heavy atom. The van der Waals surface area contributed by atoms with Gasteiger partial charge in [-0.3, -0.25) is 0 Å². The molecule has 1 N–H and O–H groups in total. The van der Waals surface area contributed by atoms with E-state index in [4.69, 9.17) is 4.74 Å². The van der Waals surface area contributed by atoms with Crippen molar-refractivity contribution in [2.75, 3.05) is 13.1 Å². The van der Waals surface area contributed by atoms with Gasteiger partial charge in [-0.15, -0.1) is 12.4 Å². The van der Waals surface area contributed by atoms with Crippen LogP contribution in [0.2, 0.25) is 0 Å². The maximum Gasteiger partial charge on any atom is 0.416 e.